The Morgan fingerprint density at radius 1 is 0.906 bits per heavy atom. The van der Waals surface area contributed by atoms with Crippen molar-refractivity contribution in [1.29, 1.82) is 0 Å². The molecule has 0 aromatic heterocycles. The van der Waals surface area contributed by atoms with Gasteiger partial charge >= 0.3 is 0 Å². The van der Waals surface area contributed by atoms with E-state index >= 15 is 0 Å². The molecule has 0 atom stereocenters. The molecule has 8 nitrogen and oxygen atoms in total. The van der Waals surface area contributed by atoms with Crippen molar-refractivity contribution in [3.63, 3.8) is 0 Å². The predicted molar refractivity (Wildman–Crippen MR) is 125 cm³/mol. The molecule has 0 spiro atoms. The monoisotopic (exact) mass is 437 g/mol. The van der Waals surface area contributed by atoms with Crippen molar-refractivity contribution >= 4 is 17.3 Å². The lowest BCUT2D eigenvalue weighted by Crippen LogP contribution is -2.53. The summed E-state index contributed by atoms with van der Waals surface area (Å²) in [4.78, 5) is 32.4. The van der Waals surface area contributed by atoms with Gasteiger partial charge in [0, 0.05) is 65.0 Å². The Morgan fingerprint density at radius 3 is 2.28 bits per heavy atom. The van der Waals surface area contributed by atoms with Crippen LogP contribution in [0.15, 0.2) is 48.5 Å². The van der Waals surface area contributed by atoms with Crippen LogP contribution in [0.25, 0.3) is 0 Å². The molecule has 2 fully saturated rings. The highest BCUT2D eigenvalue weighted by atomic mass is 16.6. The van der Waals surface area contributed by atoms with Gasteiger partial charge in [0.15, 0.2) is 0 Å². The van der Waals surface area contributed by atoms with Gasteiger partial charge in [-0.05, 0) is 18.6 Å². The Bertz CT molecular complexity index is 950. The summed E-state index contributed by atoms with van der Waals surface area (Å²) in [6.07, 6.45) is 0. The quantitative estimate of drug-likeness (QED) is 0.510. The van der Waals surface area contributed by atoms with Crippen molar-refractivity contribution in [1.82, 2.24) is 14.7 Å². The third-order valence-corrected chi connectivity index (χ3v) is 6.36. The average Bonchev–Trinajstić information content (AvgIpc) is 2.80. The lowest BCUT2D eigenvalue weighted by Gasteiger charge is -2.38. The molecule has 8 heteroatoms. The van der Waals surface area contributed by atoms with Gasteiger partial charge in [0.25, 0.3) is 5.69 Å². The molecular weight excluding hydrogens is 406 g/mol. The van der Waals surface area contributed by atoms with E-state index in [0.29, 0.717) is 25.3 Å². The number of aryl methyl sites for hydroxylation is 1. The number of nitro groups is 1. The zero-order valence-electron chi connectivity index (χ0n) is 18.7. The van der Waals surface area contributed by atoms with Crippen molar-refractivity contribution in [2.24, 2.45) is 0 Å². The first-order valence-electron chi connectivity index (χ1n) is 11.3. The van der Waals surface area contributed by atoms with Crippen LogP contribution in [0.4, 0.5) is 11.4 Å². The molecule has 1 amide bonds. The van der Waals surface area contributed by atoms with Crippen LogP contribution in [0.5, 0.6) is 0 Å². The molecule has 0 saturated carbocycles. The van der Waals surface area contributed by atoms with E-state index in [1.165, 1.54) is 11.1 Å². The predicted octanol–water partition coefficient (Wildman–Crippen LogP) is 2.37. The van der Waals surface area contributed by atoms with Crippen LogP contribution in [0, 0.1) is 17.0 Å². The van der Waals surface area contributed by atoms with Gasteiger partial charge in [0.05, 0.1) is 11.5 Å². The summed E-state index contributed by atoms with van der Waals surface area (Å²) in [6.45, 7) is 9.60. The Hall–Kier alpha value is -2.97. The molecule has 2 aliphatic heterocycles. The molecule has 4 rings (SSSR count). The van der Waals surface area contributed by atoms with Gasteiger partial charge in [-0.1, -0.05) is 42.0 Å². The number of hydrogen-bond donors (Lipinski definition) is 0. The van der Waals surface area contributed by atoms with Crippen LogP contribution >= 0.6 is 0 Å². The number of anilines is 1. The second kappa shape index (κ2) is 10.1. The maximum Gasteiger partial charge on any atom is 0.292 e. The van der Waals surface area contributed by atoms with Crippen LogP contribution in [0.3, 0.4) is 0 Å². The van der Waals surface area contributed by atoms with E-state index in [1.807, 2.05) is 15.9 Å². The number of benzene rings is 2. The average molecular weight is 438 g/mol. The number of para-hydroxylation sites is 2. The summed E-state index contributed by atoms with van der Waals surface area (Å²) in [7, 11) is 0. The molecule has 2 saturated heterocycles. The number of hydrogen-bond acceptors (Lipinski definition) is 6. The fourth-order valence-corrected chi connectivity index (χ4v) is 4.55. The SMILES string of the molecule is Cc1cccc(CN2CCN(C(=O)CN3CCN(c4ccccc4[N+](=O)[O-])CC3)CC2)c1. The smallest absolute Gasteiger partial charge is 0.292 e. The number of nitrogens with zero attached hydrogens (tertiary/aromatic N) is 5. The van der Waals surface area contributed by atoms with Gasteiger partial charge in [-0.15, -0.1) is 0 Å². The minimum atomic E-state index is -0.330. The zero-order chi connectivity index (χ0) is 22.5. The Kier molecular flexibility index (Phi) is 7.02. The fourth-order valence-electron chi connectivity index (χ4n) is 4.55. The van der Waals surface area contributed by atoms with Crippen molar-refractivity contribution in [2.75, 3.05) is 63.8 Å². The highest BCUT2D eigenvalue weighted by Crippen LogP contribution is 2.28. The summed E-state index contributed by atoms with van der Waals surface area (Å²) >= 11 is 0. The van der Waals surface area contributed by atoms with E-state index in [9.17, 15) is 14.9 Å². The normalized spacial score (nSPS) is 18.0. The Balaban J connectivity index is 1.22. The standard InChI is InChI=1S/C24H31N5O3/c1-20-5-4-6-21(17-20)18-25-11-15-28(16-12-25)24(30)19-26-9-13-27(14-10-26)22-7-2-3-8-23(22)29(31)32/h2-8,17H,9-16,18-19H2,1H3. The summed E-state index contributed by atoms with van der Waals surface area (Å²) < 4.78 is 0. The maximum atomic E-state index is 12.8. The van der Waals surface area contributed by atoms with E-state index < -0.39 is 0 Å². The molecule has 2 aromatic rings. The first kappa shape index (κ1) is 22.2. The Labute approximate surface area is 189 Å². The molecule has 2 aliphatic rings. The zero-order valence-corrected chi connectivity index (χ0v) is 18.7. The van der Waals surface area contributed by atoms with Gasteiger partial charge in [-0.25, -0.2) is 0 Å². The highest BCUT2D eigenvalue weighted by molar-refractivity contribution is 5.78. The van der Waals surface area contributed by atoms with E-state index in [2.05, 4.69) is 41.0 Å². The lowest BCUT2D eigenvalue weighted by atomic mass is 10.1. The van der Waals surface area contributed by atoms with Crippen LogP contribution in [-0.4, -0.2) is 84.4 Å². The number of piperazine rings is 2. The summed E-state index contributed by atoms with van der Waals surface area (Å²) in [5.74, 6) is 0.180. The minimum absolute atomic E-state index is 0.139. The summed E-state index contributed by atoms with van der Waals surface area (Å²) in [5, 5.41) is 11.3. The van der Waals surface area contributed by atoms with Crippen LogP contribution in [-0.2, 0) is 11.3 Å². The van der Waals surface area contributed by atoms with E-state index in [4.69, 9.17) is 0 Å². The molecule has 0 aliphatic carbocycles. The number of carbonyl (C=O) groups excluding carboxylic acids is 1. The van der Waals surface area contributed by atoms with Crippen molar-refractivity contribution < 1.29 is 9.72 Å². The second-order valence-corrected chi connectivity index (χ2v) is 8.66. The van der Waals surface area contributed by atoms with Crippen molar-refractivity contribution in [3.05, 3.63) is 69.8 Å². The molecular formula is C24H31N5O3. The van der Waals surface area contributed by atoms with Crippen LogP contribution in [0.1, 0.15) is 11.1 Å². The largest absolute Gasteiger partial charge is 0.363 e. The van der Waals surface area contributed by atoms with Crippen molar-refractivity contribution in [3.8, 4) is 0 Å². The summed E-state index contributed by atoms with van der Waals surface area (Å²) in [6, 6.07) is 15.5. The van der Waals surface area contributed by atoms with Gasteiger partial charge in [0.2, 0.25) is 5.91 Å². The Morgan fingerprint density at radius 2 is 1.59 bits per heavy atom. The number of amides is 1. The topological polar surface area (TPSA) is 73.2 Å². The summed E-state index contributed by atoms with van der Waals surface area (Å²) in [5.41, 5.74) is 3.40. The molecule has 32 heavy (non-hydrogen) atoms. The van der Waals surface area contributed by atoms with Crippen LogP contribution < -0.4 is 4.90 Å². The molecule has 0 N–H and O–H groups in total. The minimum Gasteiger partial charge on any atom is -0.363 e. The van der Waals surface area contributed by atoms with Gasteiger partial charge in [-0.3, -0.25) is 24.7 Å². The van der Waals surface area contributed by atoms with E-state index in [-0.39, 0.29) is 16.5 Å². The molecule has 2 aromatic carbocycles. The maximum absolute atomic E-state index is 12.8. The third-order valence-electron chi connectivity index (χ3n) is 6.36. The third kappa shape index (κ3) is 5.44. The van der Waals surface area contributed by atoms with Crippen LogP contribution in [0.2, 0.25) is 0 Å². The van der Waals surface area contributed by atoms with Gasteiger partial charge < -0.3 is 9.80 Å². The molecule has 0 unspecified atom stereocenters. The van der Waals surface area contributed by atoms with Gasteiger partial charge in [0.1, 0.15) is 5.69 Å². The van der Waals surface area contributed by atoms with E-state index in [0.717, 1.165) is 45.8 Å². The fraction of sp³-hybridized carbons (Fsp3) is 0.458. The number of rotatable bonds is 6. The molecule has 170 valence electrons. The number of nitro benzene ring substituents is 1. The first-order valence-corrected chi connectivity index (χ1v) is 11.3. The number of carbonyl (C=O) groups is 1. The molecule has 0 radical (unpaired) electrons. The highest BCUT2D eigenvalue weighted by Gasteiger charge is 2.26. The van der Waals surface area contributed by atoms with Crippen molar-refractivity contribution in [2.45, 2.75) is 13.5 Å². The molecule has 2 heterocycles. The van der Waals surface area contributed by atoms with E-state index in [1.54, 1.807) is 18.2 Å². The second-order valence-electron chi connectivity index (χ2n) is 8.66. The molecule has 0 bridgehead atoms. The lowest BCUT2D eigenvalue weighted by molar-refractivity contribution is -0.384. The van der Waals surface area contributed by atoms with Gasteiger partial charge in [-0.2, -0.15) is 0 Å². The first-order chi connectivity index (χ1) is 15.5.